The highest BCUT2D eigenvalue weighted by atomic mass is 32.1. The fraction of sp³-hybridized carbons (Fsp3) is 0.0714. The second-order valence-corrected chi connectivity index (χ2v) is 5.31. The summed E-state index contributed by atoms with van der Waals surface area (Å²) in [4.78, 5) is 17.3. The molecule has 1 aromatic carbocycles. The summed E-state index contributed by atoms with van der Waals surface area (Å²) >= 11 is 1.61. The number of nitrogens with one attached hydrogen (secondary N) is 2. The molecule has 0 fully saturated rings. The maximum atomic E-state index is 4.54. The van der Waals surface area contributed by atoms with Gasteiger partial charge in [-0.2, -0.15) is 0 Å². The van der Waals surface area contributed by atoms with Crippen LogP contribution in [0, 0.1) is 0 Å². The monoisotopic (exact) mass is 281 g/mol. The first-order valence-electron chi connectivity index (χ1n) is 6.26. The molecule has 2 N–H and O–H groups in total. The molecule has 0 amide bonds. The van der Waals surface area contributed by atoms with Crippen LogP contribution < -0.4 is 5.32 Å². The number of fused-ring (bicyclic) bond motifs is 2. The van der Waals surface area contributed by atoms with Crippen LogP contribution in [0.3, 0.4) is 0 Å². The van der Waals surface area contributed by atoms with Crippen LogP contribution in [0.4, 0.5) is 5.82 Å². The summed E-state index contributed by atoms with van der Waals surface area (Å²) in [6.45, 7) is 0.608. The van der Waals surface area contributed by atoms with Gasteiger partial charge < -0.3 is 10.3 Å². The van der Waals surface area contributed by atoms with Crippen molar-refractivity contribution in [2.75, 3.05) is 5.32 Å². The Morgan fingerprint density at radius 1 is 1.15 bits per heavy atom. The standard InChI is InChI=1S/C14H11N5S/c1-2-4-11-10(3-1)18-12(19-11)7-15-13-9-5-6-20-14(9)17-8-16-13/h1-6,8H,7H2,(H,18,19)(H,15,16,17). The lowest BCUT2D eigenvalue weighted by molar-refractivity contribution is 0.998. The molecule has 3 aromatic heterocycles. The fourth-order valence-corrected chi connectivity index (χ4v) is 2.92. The van der Waals surface area contributed by atoms with E-state index in [9.17, 15) is 0 Å². The molecule has 20 heavy (non-hydrogen) atoms. The second kappa shape index (κ2) is 4.57. The van der Waals surface area contributed by atoms with Crippen LogP contribution in [0.5, 0.6) is 0 Å². The molecule has 0 unspecified atom stereocenters. The lowest BCUT2D eigenvalue weighted by atomic mass is 10.3. The Bertz CT molecular complexity index is 846. The third kappa shape index (κ3) is 1.90. The van der Waals surface area contributed by atoms with Crippen LogP contribution in [0.15, 0.2) is 42.0 Å². The van der Waals surface area contributed by atoms with Crippen molar-refractivity contribution in [2.24, 2.45) is 0 Å². The van der Waals surface area contributed by atoms with Gasteiger partial charge in [-0.15, -0.1) is 11.3 Å². The number of thiophene rings is 1. The number of aromatic amines is 1. The quantitative estimate of drug-likeness (QED) is 0.605. The average Bonchev–Trinajstić information content (AvgIpc) is 3.11. The molecular formula is C14H11N5S. The van der Waals surface area contributed by atoms with Crippen molar-refractivity contribution in [3.05, 3.63) is 47.9 Å². The summed E-state index contributed by atoms with van der Waals surface area (Å²) in [7, 11) is 0. The van der Waals surface area contributed by atoms with E-state index in [-0.39, 0.29) is 0 Å². The van der Waals surface area contributed by atoms with Crippen LogP contribution in [0.2, 0.25) is 0 Å². The summed E-state index contributed by atoms with van der Waals surface area (Å²) < 4.78 is 0. The van der Waals surface area contributed by atoms with Gasteiger partial charge in [0, 0.05) is 0 Å². The minimum absolute atomic E-state index is 0.608. The largest absolute Gasteiger partial charge is 0.362 e. The van der Waals surface area contributed by atoms with Gasteiger partial charge >= 0.3 is 0 Å². The molecule has 0 radical (unpaired) electrons. The summed E-state index contributed by atoms with van der Waals surface area (Å²) in [5, 5.41) is 6.38. The van der Waals surface area contributed by atoms with E-state index in [1.54, 1.807) is 17.7 Å². The molecule has 0 aliphatic carbocycles. The van der Waals surface area contributed by atoms with Crippen molar-refractivity contribution in [3.8, 4) is 0 Å². The van der Waals surface area contributed by atoms with Gasteiger partial charge in [-0.25, -0.2) is 15.0 Å². The molecule has 0 spiro atoms. The Labute approximate surface area is 118 Å². The number of imidazole rings is 1. The maximum absolute atomic E-state index is 4.54. The van der Waals surface area contributed by atoms with E-state index in [1.165, 1.54) is 0 Å². The SMILES string of the molecule is c1ccc2[nH]c(CNc3ncnc4sccc34)nc2c1. The average molecular weight is 281 g/mol. The molecule has 0 aliphatic heterocycles. The predicted molar refractivity (Wildman–Crippen MR) is 80.8 cm³/mol. The maximum Gasteiger partial charge on any atom is 0.138 e. The van der Waals surface area contributed by atoms with E-state index < -0.39 is 0 Å². The van der Waals surface area contributed by atoms with E-state index in [0.717, 1.165) is 32.9 Å². The van der Waals surface area contributed by atoms with Gasteiger partial charge in [0.15, 0.2) is 0 Å². The van der Waals surface area contributed by atoms with Crippen molar-refractivity contribution in [1.29, 1.82) is 0 Å². The van der Waals surface area contributed by atoms with Crippen molar-refractivity contribution in [1.82, 2.24) is 19.9 Å². The zero-order valence-electron chi connectivity index (χ0n) is 10.5. The summed E-state index contributed by atoms with van der Waals surface area (Å²) in [6, 6.07) is 10.0. The van der Waals surface area contributed by atoms with Crippen molar-refractivity contribution in [3.63, 3.8) is 0 Å². The van der Waals surface area contributed by atoms with E-state index in [0.29, 0.717) is 6.54 Å². The molecule has 0 saturated heterocycles. The summed E-state index contributed by atoms with van der Waals surface area (Å²) in [5.41, 5.74) is 2.03. The first kappa shape index (κ1) is 11.4. The van der Waals surface area contributed by atoms with Gasteiger partial charge in [-0.05, 0) is 23.6 Å². The predicted octanol–water partition coefficient (Wildman–Crippen LogP) is 3.18. The van der Waals surface area contributed by atoms with Gasteiger partial charge in [0.2, 0.25) is 0 Å². The van der Waals surface area contributed by atoms with Crippen LogP contribution in [0.25, 0.3) is 21.3 Å². The Morgan fingerprint density at radius 2 is 2.10 bits per heavy atom. The zero-order chi connectivity index (χ0) is 13.4. The van der Waals surface area contributed by atoms with Gasteiger partial charge in [0.05, 0.1) is 23.0 Å². The van der Waals surface area contributed by atoms with Gasteiger partial charge in [-0.1, -0.05) is 12.1 Å². The number of aromatic nitrogens is 4. The number of nitrogens with zero attached hydrogens (tertiary/aromatic N) is 3. The molecule has 5 nitrogen and oxygen atoms in total. The first-order valence-corrected chi connectivity index (χ1v) is 7.14. The minimum atomic E-state index is 0.608. The Kier molecular flexibility index (Phi) is 2.60. The van der Waals surface area contributed by atoms with Crippen molar-refractivity contribution in [2.45, 2.75) is 6.54 Å². The summed E-state index contributed by atoms with van der Waals surface area (Å²) in [6.07, 6.45) is 1.58. The number of rotatable bonds is 3. The highest BCUT2D eigenvalue weighted by Gasteiger charge is 2.06. The molecule has 0 saturated carbocycles. The van der Waals surface area contributed by atoms with Gasteiger partial charge in [0.25, 0.3) is 0 Å². The number of H-pyrrole nitrogens is 1. The van der Waals surface area contributed by atoms with Gasteiger partial charge in [0.1, 0.15) is 22.8 Å². The fourth-order valence-electron chi connectivity index (χ4n) is 2.19. The molecule has 98 valence electrons. The van der Waals surface area contributed by atoms with E-state index in [2.05, 4.69) is 25.3 Å². The van der Waals surface area contributed by atoms with Crippen LogP contribution >= 0.6 is 11.3 Å². The molecule has 6 heteroatoms. The number of benzene rings is 1. The first-order chi connectivity index (χ1) is 9.90. The molecular weight excluding hydrogens is 270 g/mol. The van der Waals surface area contributed by atoms with Gasteiger partial charge in [-0.3, -0.25) is 0 Å². The molecule has 3 heterocycles. The third-order valence-corrected chi connectivity index (χ3v) is 3.94. The Hall–Kier alpha value is -2.47. The Morgan fingerprint density at radius 3 is 3.05 bits per heavy atom. The minimum Gasteiger partial charge on any atom is -0.362 e. The van der Waals surface area contributed by atoms with E-state index in [4.69, 9.17) is 0 Å². The topological polar surface area (TPSA) is 66.5 Å². The second-order valence-electron chi connectivity index (χ2n) is 4.42. The molecule has 4 rings (SSSR count). The van der Waals surface area contributed by atoms with E-state index in [1.807, 2.05) is 35.7 Å². The normalized spacial score (nSPS) is 11.2. The lowest BCUT2D eigenvalue weighted by Crippen LogP contribution is -2.03. The highest BCUT2D eigenvalue weighted by Crippen LogP contribution is 2.24. The Balaban J connectivity index is 1.62. The highest BCUT2D eigenvalue weighted by molar-refractivity contribution is 7.16. The lowest BCUT2D eigenvalue weighted by Gasteiger charge is -2.03. The molecule has 0 atom stereocenters. The zero-order valence-corrected chi connectivity index (χ0v) is 11.3. The van der Waals surface area contributed by atoms with Crippen molar-refractivity contribution >= 4 is 38.4 Å². The molecule has 0 aliphatic rings. The smallest absolute Gasteiger partial charge is 0.138 e. The number of anilines is 1. The number of para-hydroxylation sites is 2. The number of hydrogen-bond acceptors (Lipinski definition) is 5. The third-order valence-electron chi connectivity index (χ3n) is 3.12. The van der Waals surface area contributed by atoms with Crippen LogP contribution in [-0.4, -0.2) is 19.9 Å². The van der Waals surface area contributed by atoms with Crippen molar-refractivity contribution < 1.29 is 0 Å². The molecule has 4 aromatic rings. The number of hydrogen-bond donors (Lipinski definition) is 2. The van der Waals surface area contributed by atoms with Crippen LogP contribution in [0.1, 0.15) is 5.82 Å². The van der Waals surface area contributed by atoms with Crippen LogP contribution in [-0.2, 0) is 6.54 Å². The van der Waals surface area contributed by atoms with E-state index >= 15 is 0 Å². The summed E-state index contributed by atoms with van der Waals surface area (Å²) in [5.74, 6) is 1.74. The molecule has 0 bridgehead atoms.